The van der Waals surface area contributed by atoms with Crippen molar-refractivity contribution in [2.45, 2.75) is 51.3 Å². The number of nitrogens with one attached hydrogen (secondary N) is 1. The molecule has 1 N–H and O–H groups in total. The van der Waals surface area contributed by atoms with Crippen LogP contribution in [-0.2, 0) is 11.2 Å². The van der Waals surface area contributed by atoms with Crippen molar-refractivity contribution >= 4 is 5.82 Å². The third kappa shape index (κ3) is 3.89. The molecular weight excluding hydrogens is 324 g/mol. The molecule has 0 unspecified atom stereocenters. The third-order valence-corrected chi connectivity index (χ3v) is 5.32. The van der Waals surface area contributed by atoms with E-state index in [9.17, 15) is 0 Å². The molecule has 0 bridgehead atoms. The number of aryl methyl sites for hydroxylation is 2. The summed E-state index contributed by atoms with van der Waals surface area (Å²) < 4.78 is 6.15. The van der Waals surface area contributed by atoms with Crippen molar-refractivity contribution in [1.29, 1.82) is 0 Å². The standard InChI is InChI=1S/C21H28N4O/c1-3-7-20-22-15(2)10-21(24-20)23-17-11-18-14-26-19(13-25(18)12-17)16-8-5-4-6-9-16/h4-6,8-10,17-19H,3,7,11-14H2,1-2H3,(H,22,23,24)/t17-,18-,19+/m0/s1. The fraction of sp³-hybridized carbons (Fsp3) is 0.524. The zero-order valence-corrected chi connectivity index (χ0v) is 15.7. The molecule has 5 heteroatoms. The van der Waals surface area contributed by atoms with Crippen LogP contribution in [0.15, 0.2) is 36.4 Å². The van der Waals surface area contributed by atoms with Gasteiger partial charge in [0.1, 0.15) is 11.6 Å². The van der Waals surface area contributed by atoms with Gasteiger partial charge in [0.25, 0.3) is 0 Å². The second-order valence-electron chi connectivity index (χ2n) is 7.48. The molecule has 138 valence electrons. The number of hydrogen-bond donors (Lipinski definition) is 1. The van der Waals surface area contributed by atoms with Gasteiger partial charge in [0, 0.05) is 43.4 Å². The van der Waals surface area contributed by atoms with Crippen molar-refractivity contribution in [2.24, 2.45) is 0 Å². The average Bonchev–Trinajstić information content (AvgIpc) is 3.03. The summed E-state index contributed by atoms with van der Waals surface area (Å²) in [6.07, 6.45) is 3.29. The molecule has 2 fully saturated rings. The van der Waals surface area contributed by atoms with E-state index in [1.165, 1.54) is 5.56 Å². The molecule has 2 aliphatic rings. The van der Waals surface area contributed by atoms with Crippen LogP contribution in [-0.4, -0.2) is 46.6 Å². The summed E-state index contributed by atoms with van der Waals surface area (Å²) in [6, 6.07) is 13.5. The lowest BCUT2D eigenvalue weighted by Crippen LogP contribution is -2.42. The van der Waals surface area contributed by atoms with Gasteiger partial charge in [-0.2, -0.15) is 0 Å². The molecule has 3 heterocycles. The van der Waals surface area contributed by atoms with Gasteiger partial charge < -0.3 is 10.1 Å². The molecule has 5 nitrogen and oxygen atoms in total. The monoisotopic (exact) mass is 352 g/mol. The predicted octanol–water partition coefficient (Wildman–Crippen LogP) is 3.36. The number of morpholine rings is 1. The van der Waals surface area contributed by atoms with Crippen LogP contribution in [0.25, 0.3) is 0 Å². The number of hydrogen-bond acceptors (Lipinski definition) is 5. The van der Waals surface area contributed by atoms with E-state index in [1.54, 1.807) is 0 Å². The number of benzene rings is 1. The first-order valence-corrected chi connectivity index (χ1v) is 9.73. The first kappa shape index (κ1) is 17.4. The zero-order valence-electron chi connectivity index (χ0n) is 15.7. The lowest BCUT2D eigenvalue weighted by atomic mass is 10.1. The minimum atomic E-state index is 0.184. The first-order chi connectivity index (χ1) is 12.7. The Kier molecular flexibility index (Phi) is 5.18. The molecule has 4 rings (SSSR count). The van der Waals surface area contributed by atoms with Gasteiger partial charge in [-0.1, -0.05) is 37.3 Å². The molecule has 2 aromatic rings. The van der Waals surface area contributed by atoms with Crippen molar-refractivity contribution in [3.8, 4) is 0 Å². The van der Waals surface area contributed by atoms with Gasteiger partial charge >= 0.3 is 0 Å². The summed E-state index contributed by atoms with van der Waals surface area (Å²) >= 11 is 0. The molecule has 1 aromatic carbocycles. The van der Waals surface area contributed by atoms with Crippen LogP contribution in [0, 0.1) is 6.92 Å². The minimum Gasteiger partial charge on any atom is -0.371 e. The Morgan fingerprint density at radius 3 is 2.85 bits per heavy atom. The SMILES string of the molecule is CCCc1nc(C)cc(N[C@H]2C[C@H]3CO[C@@H](c4ccccc4)CN3C2)n1. The van der Waals surface area contributed by atoms with E-state index in [4.69, 9.17) is 9.72 Å². The van der Waals surface area contributed by atoms with Crippen LogP contribution in [0.5, 0.6) is 0 Å². The van der Waals surface area contributed by atoms with Crippen molar-refractivity contribution in [2.75, 3.05) is 25.0 Å². The number of aromatic nitrogens is 2. The highest BCUT2D eigenvalue weighted by Gasteiger charge is 2.37. The van der Waals surface area contributed by atoms with E-state index in [0.717, 1.165) is 56.3 Å². The van der Waals surface area contributed by atoms with Crippen LogP contribution in [0.2, 0.25) is 0 Å². The number of rotatable bonds is 5. The van der Waals surface area contributed by atoms with E-state index in [-0.39, 0.29) is 6.10 Å². The number of nitrogens with zero attached hydrogens (tertiary/aromatic N) is 3. The van der Waals surface area contributed by atoms with E-state index in [1.807, 2.05) is 6.92 Å². The van der Waals surface area contributed by atoms with Crippen LogP contribution in [0.3, 0.4) is 0 Å². The first-order valence-electron chi connectivity index (χ1n) is 9.73. The molecule has 2 aliphatic heterocycles. The topological polar surface area (TPSA) is 50.3 Å². The highest BCUT2D eigenvalue weighted by molar-refractivity contribution is 5.37. The second-order valence-corrected chi connectivity index (χ2v) is 7.48. The Hall–Kier alpha value is -1.98. The Bertz CT molecular complexity index is 736. The molecular formula is C21H28N4O. The number of ether oxygens (including phenoxy) is 1. The van der Waals surface area contributed by atoms with Crippen molar-refractivity contribution < 1.29 is 4.74 Å². The maximum atomic E-state index is 6.15. The summed E-state index contributed by atoms with van der Waals surface area (Å²) in [5, 5.41) is 3.64. The maximum absolute atomic E-state index is 6.15. The highest BCUT2D eigenvalue weighted by Crippen LogP contribution is 2.31. The van der Waals surface area contributed by atoms with Crippen molar-refractivity contribution in [1.82, 2.24) is 14.9 Å². The molecule has 0 aliphatic carbocycles. The molecule has 0 amide bonds. The molecule has 0 radical (unpaired) electrons. The molecule has 3 atom stereocenters. The summed E-state index contributed by atoms with van der Waals surface area (Å²) in [5.41, 5.74) is 2.31. The Labute approximate surface area is 155 Å². The number of fused-ring (bicyclic) bond motifs is 1. The zero-order chi connectivity index (χ0) is 17.9. The van der Waals surface area contributed by atoms with Gasteiger partial charge in [-0.05, 0) is 25.3 Å². The molecule has 26 heavy (non-hydrogen) atoms. The minimum absolute atomic E-state index is 0.184. The second kappa shape index (κ2) is 7.72. The van der Waals surface area contributed by atoms with Gasteiger partial charge in [0.05, 0.1) is 12.7 Å². The van der Waals surface area contributed by atoms with Gasteiger partial charge in [-0.25, -0.2) is 9.97 Å². The largest absolute Gasteiger partial charge is 0.371 e. The quantitative estimate of drug-likeness (QED) is 0.894. The van der Waals surface area contributed by atoms with Crippen molar-refractivity contribution in [3.63, 3.8) is 0 Å². The molecule has 2 saturated heterocycles. The number of anilines is 1. The fourth-order valence-corrected chi connectivity index (χ4v) is 4.10. The lowest BCUT2D eigenvalue weighted by Gasteiger charge is -2.35. The average molecular weight is 352 g/mol. The lowest BCUT2D eigenvalue weighted by molar-refractivity contribution is -0.0501. The van der Waals surface area contributed by atoms with Crippen LogP contribution in [0.4, 0.5) is 5.82 Å². The van der Waals surface area contributed by atoms with Gasteiger partial charge in [0.2, 0.25) is 0 Å². The Morgan fingerprint density at radius 1 is 1.19 bits per heavy atom. The Balaban J connectivity index is 1.40. The van der Waals surface area contributed by atoms with Crippen LogP contribution in [0.1, 0.15) is 43.0 Å². The fourth-order valence-electron chi connectivity index (χ4n) is 4.10. The van der Waals surface area contributed by atoms with E-state index < -0.39 is 0 Å². The summed E-state index contributed by atoms with van der Waals surface area (Å²) in [6.45, 7) is 7.03. The van der Waals surface area contributed by atoms with Crippen LogP contribution >= 0.6 is 0 Å². The smallest absolute Gasteiger partial charge is 0.130 e. The summed E-state index contributed by atoms with van der Waals surface area (Å²) in [5.74, 6) is 1.91. The van der Waals surface area contributed by atoms with Crippen LogP contribution < -0.4 is 5.32 Å². The molecule has 0 spiro atoms. The highest BCUT2D eigenvalue weighted by atomic mass is 16.5. The normalized spacial score (nSPS) is 25.8. The molecule has 0 saturated carbocycles. The van der Waals surface area contributed by atoms with Crippen molar-refractivity contribution in [3.05, 3.63) is 53.5 Å². The molecule has 1 aromatic heterocycles. The Morgan fingerprint density at radius 2 is 2.04 bits per heavy atom. The predicted molar refractivity (Wildman–Crippen MR) is 103 cm³/mol. The van der Waals surface area contributed by atoms with E-state index in [0.29, 0.717) is 12.1 Å². The summed E-state index contributed by atoms with van der Waals surface area (Å²) in [7, 11) is 0. The third-order valence-electron chi connectivity index (χ3n) is 5.32. The van der Waals surface area contributed by atoms with E-state index >= 15 is 0 Å². The van der Waals surface area contributed by atoms with E-state index in [2.05, 4.69) is 58.5 Å². The van der Waals surface area contributed by atoms with Gasteiger partial charge in [-0.15, -0.1) is 0 Å². The van der Waals surface area contributed by atoms with Gasteiger partial charge in [0.15, 0.2) is 0 Å². The van der Waals surface area contributed by atoms with Gasteiger partial charge in [-0.3, -0.25) is 4.90 Å². The summed E-state index contributed by atoms with van der Waals surface area (Å²) in [4.78, 5) is 11.8. The maximum Gasteiger partial charge on any atom is 0.130 e.